The molecule has 5 nitrogen and oxygen atoms in total. The number of amidine groups is 1. The van der Waals surface area contributed by atoms with Crippen molar-refractivity contribution in [3.05, 3.63) is 57.5 Å². The topological polar surface area (TPSA) is 66.8 Å². The summed E-state index contributed by atoms with van der Waals surface area (Å²) in [4.78, 5) is 15.2. The van der Waals surface area contributed by atoms with E-state index in [-0.39, 0.29) is 21.8 Å². The van der Waals surface area contributed by atoms with Gasteiger partial charge in [0.05, 0.1) is 4.91 Å². The maximum atomic E-state index is 12.5. The van der Waals surface area contributed by atoms with Crippen molar-refractivity contribution in [1.82, 2.24) is 4.90 Å². The zero-order chi connectivity index (χ0) is 17.2. The molecule has 0 radical (unpaired) electrons. The Morgan fingerprint density at radius 3 is 2.58 bits per heavy atom. The first kappa shape index (κ1) is 17.2. The summed E-state index contributed by atoms with van der Waals surface area (Å²) < 4.78 is 28.7. The number of thioether (sulfide) groups is 1. The van der Waals surface area contributed by atoms with Crippen LogP contribution in [0.25, 0.3) is 6.08 Å². The quantitative estimate of drug-likeness (QED) is 0.571. The predicted octanol–water partition coefficient (Wildman–Crippen LogP) is 3.66. The molecule has 24 heavy (non-hydrogen) atoms. The van der Waals surface area contributed by atoms with Crippen LogP contribution in [0, 0.1) is 0 Å². The van der Waals surface area contributed by atoms with Crippen LogP contribution >= 0.6 is 34.4 Å². The standard InChI is InChI=1S/C15H12N2O3S4/c1-2-7-17-14(18)12(10-11-5-3-8-21-11)23-15(17)16-24(19,20)13-6-4-9-22-13/h2-6,8-10H,1,7H2/b12-10-,16-15?. The summed E-state index contributed by atoms with van der Waals surface area (Å²) in [6, 6.07) is 6.92. The van der Waals surface area contributed by atoms with Gasteiger partial charge in [-0.25, -0.2) is 0 Å². The van der Waals surface area contributed by atoms with E-state index in [9.17, 15) is 13.2 Å². The molecular weight excluding hydrogens is 384 g/mol. The fourth-order valence-electron chi connectivity index (χ4n) is 1.93. The second-order valence-corrected chi connectivity index (χ2v) is 9.38. The molecule has 2 aromatic rings. The second kappa shape index (κ2) is 7.06. The van der Waals surface area contributed by atoms with Gasteiger partial charge in [-0.05, 0) is 40.7 Å². The summed E-state index contributed by atoms with van der Waals surface area (Å²) in [5.41, 5.74) is 0. The van der Waals surface area contributed by atoms with E-state index in [1.807, 2.05) is 17.5 Å². The normalized spacial score (nSPS) is 18.7. The molecule has 9 heteroatoms. The first-order valence-corrected chi connectivity index (χ1v) is 10.8. The highest BCUT2D eigenvalue weighted by atomic mass is 32.2. The Hall–Kier alpha value is -1.68. The van der Waals surface area contributed by atoms with Gasteiger partial charge in [-0.2, -0.15) is 8.42 Å². The fourth-order valence-corrected chi connectivity index (χ4v) is 5.81. The molecule has 0 N–H and O–H groups in total. The number of carbonyl (C=O) groups is 1. The number of nitrogens with zero attached hydrogens (tertiary/aromatic N) is 2. The third-order valence-electron chi connectivity index (χ3n) is 2.96. The molecule has 1 amide bonds. The number of sulfonamides is 1. The van der Waals surface area contributed by atoms with Crippen LogP contribution in [0.15, 0.2) is 61.2 Å². The summed E-state index contributed by atoms with van der Waals surface area (Å²) in [6.45, 7) is 3.82. The Morgan fingerprint density at radius 1 is 1.21 bits per heavy atom. The largest absolute Gasteiger partial charge is 0.294 e. The molecule has 3 heterocycles. The van der Waals surface area contributed by atoms with Crippen LogP contribution in [0.1, 0.15) is 4.88 Å². The Balaban J connectivity index is 1.98. The van der Waals surface area contributed by atoms with Crippen LogP contribution in [-0.4, -0.2) is 30.9 Å². The predicted molar refractivity (Wildman–Crippen MR) is 101 cm³/mol. The molecular formula is C15H12N2O3S4. The maximum Gasteiger partial charge on any atom is 0.294 e. The lowest BCUT2D eigenvalue weighted by atomic mass is 10.3. The summed E-state index contributed by atoms with van der Waals surface area (Å²) in [5.74, 6) is -0.270. The van der Waals surface area contributed by atoms with Gasteiger partial charge >= 0.3 is 0 Å². The molecule has 1 aliphatic rings. The van der Waals surface area contributed by atoms with Crippen molar-refractivity contribution in [3.63, 3.8) is 0 Å². The van der Waals surface area contributed by atoms with E-state index < -0.39 is 10.0 Å². The van der Waals surface area contributed by atoms with E-state index >= 15 is 0 Å². The molecule has 1 fully saturated rings. The highest BCUT2D eigenvalue weighted by Gasteiger charge is 2.34. The number of rotatable bonds is 5. The van der Waals surface area contributed by atoms with E-state index in [2.05, 4.69) is 11.0 Å². The Morgan fingerprint density at radius 2 is 1.96 bits per heavy atom. The minimum atomic E-state index is -3.83. The van der Waals surface area contributed by atoms with E-state index in [0.717, 1.165) is 28.0 Å². The van der Waals surface area contributed by atoms with Crippen molar-refractivity contribution in [3.8, 4) is 0 Å². The van der Waals surface area contributed by atoms with Crippen LogP contribution in [-0.2, 0) is 14.8 Å². The molecule has 0 aromatic carbocycles. The zero-order valence-corrected chi connectivity index (χ0v) is 15.6. The number of hydrogen-bond acceptors (Lipinski definition) is 6. The van der Waals surface area contributed by atoms with Crippen molar-refractivity contribution in [1.29, 1.82) is 0 Å². The molecule has 0 atom stereocenters. The van der Waals surface area contributed by atoms with E-state index in [1.54, 1.807) is 23.6 Å². The molecule has 0 unspecified atom stereocenters. The Labute approximate surface area is 152 Å². The third-order valence-corrected chi connectivity index (χ3v) is 7.55. The average Bonchev–Trinajstić information content (AvgIpc) is 3.26. The van der Waals surface area contributed by atoms with Gasteiger partial charge in [0.2, 0.25) is 0 Å². The van der Waals surface area contributed by atoms with Crippen molar-refractivity contribution >= 4 is 61.6 Å². The first-order chi connectivity index (χ1) is 11.5. The van der Waals surface area contributed by atoms with E-state index in [4.69, 9.17) is 0 Å². The minimum absolute atomic E-state index is 0.149. The lowest BCUT2D eigenvalue weighted by Crippen LogP contribution is -2.29. The van der Waals surface area contributed by atoms with Gasteiger partial charge in [0, 0.05) is 11.4 Å². The fraction of sp³-hybridized carbons (Fsp3) is 0.0667. The minimum Gasteiger partial charge on any atom is -0.282 e. The van der Waals surface area contributed by atoms with Crippen LogP contribution in [0.3, 0.4) is 0 Å². The second-order valence-electron chi connectivity index (χ2n) is 4.61. The van der Waals surface area contributed by atoms with Gasteiger partial charge < -0.3 is 0 Å². The molecule has 0 aliphatic carbocycles. The van der Waals surface area contributed by atoms with Crippen molar-refractivity contribution in [2.24, 2.45) is 4.40 Å². The SMILES string of the molecule is C=CCN1C(=O)/C(=C/c2cccs2)SC1=NS(=O)(=O)c1cccs1. The van der Waals surface area contributed by atoms with Crippen LogP contribution < -0.4 is 0 Å². The van der Waals surface area contributed by atoms with Crippen LogP contribution in [0.2, 0.25) is 0 Å². The average molecular weight is 397 g/mol. The highest BCUT2D eigenvalue weighted by Crippen LogP contribution is 2.34. The van der Waals surface area contributed by atoms with Gasteiger partial charge in [-0.3, -0.25) is 9.69 Å². The highest BCUT2D eigenvalue weighted by molar-refractivity contribution is 8.19. The zero-order valence-electron chi connectivity index (χ0n) is 12.3. The molecule has 0 bridgehead atoms. The number of thiophene rings is 2. The van der Waals surface area contributed by atoms with Crippen LogP contribution in [0.5, 0.6) is 0 Å². The van der Waals surface area contributed by atoms with Crippen LogP contribution in [0.4, 0.5) is 0 Å². The molecule has 0 spiro atoms. The molecule has 1 aliphatic heterocycles. The lowest BCUT2D eigenvalue weighted by Gasteiger charge is -2.12. The van der Waals surface area contributed by atoms with E-state index in [0.29, 0.717) is 4.91 Å². The van der Waals surface area contributed by atoms with Gasteiger partial charge in [0.15, 0.2) is 5.17 Å². The Kier molecular flexibility index (Phi) is 5.04. The lowest BCUT2D eigenvalue weighted by molar-refractivity contribution is -0.121. The number of amides is 1. The molecule has 124 valence electrons. The maximum absolute atomic E-state index is 12.5. The summed E-state index contributed by atoms with van der Waals surface area (Å²) in [5, 5.41) is 3.73. The monoisotopic (exact) mass is 396 g/mol. The van der Waals surface area contributed by atoms with Gasteiger partial charge in [0.1, 0.15) is 4.21 Å². The van der Waals surface area contributed by atoms with E-state index in [1.165, 1.54) is 22.3 Å². The molecule has 0 saturated carbocycles. The number of carbonyl (C=O) groups excluding carboxylic acids is 1. The molecule has 2 aromatic heterocycles. The van der Waals surface area contributed by atoms with Gasteiger partial charge in [-0.15, -0.1) is 33.7 Å². The van der Waals surface area contributed by atoms with Gasteiger partial charge in [0.25, 0.3) is 15.9 Å². The summed E-state index contributed by atoms with van der Waals surface area (Å²) in [7, 11) is -3.83. The summed E-state index contributed by atoms with van der Waals surface area (Å²) >= 11 is 3.66. The smallest absolute Gasteiger partial charge is 0.282 e. The van der Waals surface area contributed by atoms with Crippen molar-refractivity contribution in [2.45, 2.75) is 4.21 Å². The van der Waals surface area contributed by atoms with Crippen molar-refractivity contribution < 1.29 is 13.2 Å². The Bertz CT molecular complexity index is 910. The first-order valence-electron chi connectivity index (χ1n) is 6.75. The van der Waals surface area contributed by atoms with Gasteiger partial charge in [-0.1, -0.05) is 18.2 Å². The summed E-state index contributed by atoms with van der Waals surface area (Å²) in [6.07, 6.45) is 3.29. The number of hydrogen-bond donors (Lipinski definition) is 0. The molecule has 1 saturated heterocycles. The third kappa shape index (κ3) is 3.54. The molecule has 3 rings (SSSR count). The van der Waals surface area contributed by atoms with Crippen molar-refractivity contribution in [2.75, 3.05) is 6.54 Å².